The van der Waals surface area contributed by atoms with Gasteiger partial charge in [0.2, 0.25) is 0 Å². The minimum atomic E-state index is 0. The first kappa shape index (κ1) is 59.3. The predicted octanol–water partition coefficient (Wildman–Crippen LogP) is 8.17. The Morgan fingerprint density at radius 1 is 0.381 bits per heavy atom. The van der Waals surface area contributed by atoms with Gasteiger partial charge in [-0.2, -0.15) is 0 Å². The van der Waals surface area contributed by atoms with E-state index in [-0.39, 0.29) is 61.4 Å². The molecule has 0 spiro atoms. The summed E-state index contributed by atoms with van der Waals surface area (Å²) in [5, 5.41) is 0. The molecule has 0 amide bonds. The second-order valence-electron chi connectivity index (χ2n) is 7.26. The van der Waals surface area contributed by atoms with Gasteiger partial charge in [-0.05, 0) is 32.1 Å². The summed E-state index contributed by atoms with van der Waals surface area (Å²) in [7, 11) is 0. The quantitative estimate of drug-likeness (QED) is 0.0686. The fraction of sp³-hybridized carbons (Fsp3) is 0.800. The molecule has 0 fully saturated rings. The Bertz CT molecular complexity index is 494. The molecule has 0 rings (SSSR count). The van der Waals surface area contributed by atoms with Crippen molar-refractivity contribution in [3.63, 3.8) is 0 Å². The van der Waals surface area contributed by atoms with E-state index >= 15 is 0 Å². The van der Waals surface area contributed by atoms with E-state index in [0.29, 0.717) is 33.0 Å². The van der Waals surface area contributed by atoms with E-state index in [0.717, 1.165) is 64.2 Å². The van der Waals surface area contributed by atoms with Crippen molar-refractivity contribution in [1.29, 1.82) is 0 Å². The average Bonchev–Trinajstić information content (AvgIpc) is 2.86. The fourth-order valence-electron chi connectivity index (χ4n) is 1.50. The first-order valence-corrected chi connectivity index (χ1v) is 17.1. The summed E-state index contributed by atoms with van der Waals surface area (Å²) in [6.07, 6.45) is 10.8. The Hall–Kier alpha value is 1.81. The van der Waals surface area contributed by atoms with Crippen molar-refractivity contribution in [3.8, 4) is 0 Å². The number of thiocarbonyl (C=S) groups is 5. The second kappa shape index (κ2) is 55.2. The van der Waals surface area contributed by atoms with Crippen LogP contribution in [-0.4, -0.2) is 54.9 Å². The van der Waals surface area contributed by atoms with Crippen LogP contribution >= 0.6 is 61.1 Å². The normalized spacial score (nSPS) is 8.21. The van der Waals surface area contributed by atoms with Crippen LogP contribution in [0.15, 0.2) is 0 Å². The van der Waals surface area contributed by atoms with Gasteiger partial charge < -0.3 is 148 Å². The third-order valence-electron chi connectivity index (χ3n) is 3.59. The summed E-state index contributed by atoms with van der Waals surface area (Å²) in [5.74, 6) is 0. The molecule has 0 aliphatic rings. The zero-order valence-corrected chi connectivity index (χ0v) is 36.1. The van der Waals surface area contributed by atoms with Crippen LogP contribution < -0.4 is 0 Å². The van der Waals surface area contributed by atoms with Crippen molar-refractivity contribution in [2.45, 2.75) is 98.8 Å². The van der Waals surface area contributed by atoms with Crippen molar-refractivity contribution in [3.05, 3.63) is 0 Å². The van der Waals surface area contributed by atoms with E-state index in [2.05, 4.69) is 159 Å². The molecular weight excluding hydrogens is 961 g/mol. The van der Waals surface area contributed by atoms with Gasteiger partial charge in [0.25, 0.3) is 0 Å². The maximum atomic E-state index is 4.83. The smallest absolute Gasteiger partial charge is 0.514 e. The minimum absolute atomic E-state index is 0. The van der Waals surface area contributed by atoms with E-state index in [4.69, 9.17) is 23.7 Å². The molecule has 0 heterocycles. The van der Waals surface area contributed by atoms with E-state index in [1.807, 2.05) is 0 Å². The van der Waals surface area contributed by atoms with Gasteiger partial charge in [-0.25, -0.2) is 0 Å². The molecule has 0 unspecified atom stereocenters. The zero-order valence-electron chi connectivity index (χ0n) is 24.8. The molecular formula is C25H45AuCuO5S10. The van der Waals surface area contributed by atoms with Gasteiger partial charge in [-0.1, -0.05) is 66.7 Å². The molecule has 0 bridgehead atoms. The maximum absolute atomic E-state index is 4.83. The topological polar surface area (TPSA) is 46.2 Å². The van der Waals surface area contributed by atoms with Crippen molar-refractivity contribution < 1.29 is 63.1 Å². The number of unbranched alkanes of at least 4 members (excludes halogenated alkanes) is 5. The fourth-order valence-corrected chi connectivity index (χ4v) is 2.33. The van der Waals surface area contributed by atoms with Gasteiger partial charge in [0.05, 0.1) is 33.0 Å². The van der Waals surface area contributed by atoms with E-state index in [9.17, 15) is 0 Å². The van der Waals surface area contributed by atoms with E-state index < -0.39 is 0 Å². The molecule has 17 heteroatoms. The largest absolute Gasteiger partial charge is 3.00 e. The number of ether oxygens (including phenoxy) is 5. The van der Waals surface area contributed by atoms with Crippen LogP contribution in [0.4, 0.5) is 0 Å². The van der Waals surface area contributed by atoms with Crippen molar-refractivity contribution in [2.24, 2.45) is 0 Å². The third kappa shape index (κ3) is 96.9. The van der Waals surface area contributed by atoms with Gasteiger partial charge in [-0.15, -0.1) is 0 Å². The second-order valence-corrected chi connectivity index (χ2v) is 12.3. The Morgan fingerprint density at radius 3 is 0.571 bits per heavy atom. The summed E-state index contributed by atoms with van der Waals surface area (Å²) < 4.78 is 25.3. The van der Waals surface area contributed by atoms with Gasteiger partial charge >= 0.3 is 39.4 Å². The SMILES string of the molecule is CCCCOC(=S)[S-].CCCCOC(=S)[S-].CCCCOC(=S)[S-].CCCCOC(=S)[S-].CCCCOC(=S)[S-].[Au+3].[Cu+2]. The molecule has 0 aliphatic carbocycles. The summed E-state index contributed by atoms with van der Waals surface area (Å²) in [6.45, 7) is 13.9. The molecule has 257 valence electrons. The average molecular weight is 1010 g/mol. The molecule has 0 saturated carbocycles. The Balaban J connectivity index is -0.0000000721. The monoisotopic (exact) mass is 1000 g/mol. The summed E-state index contributed by atoms with van der Waals surface area (Å²) >= 11 is 45.0. The molecule has 1 radical (unpaired) electrons. The molecule has 0 atom stereocenters. The van der Waals surface area contributed by atoms with Crippen molar-refractivity contribution in [1.82, 2.24) is 0 Å². The summed E-state index contributed by atoms with van der Waals surface area (Å²) in [4.78, 5) is 0. The molecule has 0 aromatic heterocycles. The van der Waals surface area contributed by atoms with Gasteiger partial charge in [0.15, 0.2) is 0 Å². The summed E-state index contributed by atoms with van der Waals surface area (Å²) in [6, 6.07) is 0. The third-order valence-corrected chi connectivity index (χ3v) is 4.77. The van der Waals surface area contributed by atoms with Gasteiger partial charge in [0.1, 0.15) is 0 Å². The van der Waals surface area contributed by atoms with E-state index in [1.54, 1.807) is 0 Å². The first-order chi connectivity index (χ1) is 18.9. The van der Waals surface area contributed by atoms with Crippen LogP contribution in [0.25, 0.3) is 0 Å². The van der Waals surface area contributed by atoms with Crippen molar-refractivity contribution >= 4 is 146 Å². The molecule has 0 aromatic carbocycles. The van der Waals surface area contributed by atoms with Crippen LogP contribution in [0.1, 0.15) is 98.8 Å². The zero-order chi connectivity index (χ0) is 32.0. The molecule has 0 aromatic rings. The number of hydrogen-bond donors (Lipinski definition) is 0. The summed E-state index contributed by atoms with van der Waals surface area (Å²) in [5.41, 5.74) is 0. The van der Waals surface area contributed by atoms with Crippen LogP contribution in [0.5, 0.6) is 0 Å². The molecule has 42 heavy (non-hydrogen) atoms. The molecule has 0 saturated heterocycles. The minimum Gasteiger partial charge on any atom is -0.514 e. The van der Waals surface area contributed by atoms with Gasteiger partial charge in [-0.3, -0.25) is 0 Å². The molecule has 5 nitrogen and oxygen atoms in total. The first-order valence-electron chi connectivity index (χ1n) is 13.0. The Morgan fingerprint density at radius 2 is 0.500 bits per heavy atom. The molecule has 0 aliphatic heterocycles. The standard InChI is InChI=1S/5C5H10OS2.Au.Cu/c5*1-2-3-4-6-5(7)8;;/h5*2-4H2,1H3,(H,7,8);;/q;;;;;+3;+2/p-5. The van der Waals surface area contributed by atoms with Gasteiger partial charge in [0, 0.05) is 21.9 Å². The number of rotatable bonds is 15. The van der Waals surface area contributed by atoms with E-state index in [1.165, 1.54) is 0 Å². The Labute approximate surface area is 337 Å². The molecule has 0 N–H and O–H groups in total. The van der Waals surface area contributed by atoms with Crippen LogP contribution in [0.3, 0.4) is 0 Å². The Kier molecular flexibility index (Phi) is 77.9. The maximum Gasteiger partial charge on any atom is 3.00 e. The van der Waals surface area contributed by atoms with Crippen LogP contribution in [-0.2, 0) is 126 Å². The number of hydrogen-bond acceptors (Lipinski definition) is 15. The van der Waals surface area contributed by atoms with Crippen molar-refractivity contribution in [2.75, 3.05) is 33.0 Å². The predicted molar refractivity (Wildman–Crippen MR) is 204 cm³/mol. The van der Waals surface area contributed by atoms with Crippen LogP contribution in [0.2, 0.25) is 0 Å². The van der Waals surface area contributed by atoms with Crippen LogP contribution in [0, 0.1) is 0 Å².